The van der Waals surface area contributed by atoms with E-state index < -0.39 is 0 Å². The lowest BCUT2D eigenvalue weighted by Crippen LogP contribution is -2.13. The first-order valence-electron chi connectivity index (χ1n) is 6.39. The summed E-state index contributed by atoms with van der Waals surface area (Å²) in [7, 11) is 0. The van der Waals surface area contributed by atoms with Gasteiger partial charge in [-0.3, -0.25) is 10.1 Å². The number of nitro groups is 1. The largest absolute Gasteiger partial charge is 0.465 e. The molecule has 2 aromatic heterocycles. The van der Waals surface area contributed by atoms with Crippen LogP contribution in [0.2, 0.25) is 0 Å². The van der Waals surface area contributed by atoms with E-state index in [0.29, 0.717) is 5.76 Å². The SMILES string of the molecule is Cc1ccc(C(C[N+](=O)[O-])c2c[nH]c3ccccc23)o1. The van der Waals surface area contributed by atoms with Crippen molar-refractivity contribution in [2.24, 2.45) is 0 Å². The summed E-state index contributed by atoms with van der Waals surface area (Å²) in [5, 5.41) is 12.0. The Morgan fingerprint density at radius 3 is 2.80 bits per heavy atom. The number of para-hydroxylation sites is 1. The van der Waals surface area contributed by atoms with Crippen LogP contribution in [0.5, 0.6) is 0 Å². The number of hydrogen-bond donors (Lipinski definition) is 1. The van der Waals surface area contributed by atoms with Crippen LogP contribution >= 0.6 is 0 Å². The molecule has 0 aliphatic rings. The lowest BCUT2D eigenvalue weighted by molar-refractivity contribution is -0.482. The minimum atomic E-state index is -0.380. The van der Waals surface area contributed by atoms with Crippen molar-refractivity contribution in [2.45, 2.75) is 12.8 Å². The standard InChI is InChI=1S/C15H14N2O3/c1-10-6-7-15(20-10)13(9-17(18)19)12-8-16-14-5-3-2-4-11(12)14/h2-8,13,16H,9H2,1H3. The second-order valence-corrected chi connectivity index (χ2v) is 4.81. The first-order valence-corrected chi connectivity index (χ1v) is 6.39. The van der Waals surface area contributed by atoms with Crippen LogP contribution < -0.4 is 0 Å². The maximum atomic E-state index is 11.0. The lowest BCUT2D eigenvalue weighted by atomic mass is 9.96. The molecule has 3 aromatic rings. The Morgan fingerprint density at radius 1 is 1.30 bits per heavy atom. The smallest absolute Gasteiger partial charge is 0.217 e. The molecule has 20 heavy (non-hydrogen) atoms. The van der Waals surface area contributed by atoms with Gasteiger partial charge in [-0.05, 0) is 30.7 Å². The van der Waals surface area contributed by atoms with Crippen LogP contribution in [-0.2, 0) is 0 Å². The number of aryl methyl sites for hydroxylation is 1. The number of fused-ring (bicyclic) bond motifs is 1. The van der Waals surface area contributed by atoms with Crippen molar-refractivity contribution in [3.8, 4) is 0 Å². The van der Waals surface area contributed by atoms with E-state index in [9.17, 15) is 10.1 Å². The molecule has 0 aliphatic carbocycles. The molecule has 0 spiro atoms. The number of benzene rings is 1. The van der Waals surface area contributed by atoms with E-state index in [0.717, 1.165) is 22.2 Å². The van der Waals surface area contributed by atoms with Gasteiger partial charge in [0.1, 0.15) is 17.4 Å². The first-order chi connectivity index (χ1) is 9.65. The van der Waals surface area contributed by atoms with Crippen LogP contribution in [-0.4, -0.2) is 16.5 Å². The molecular weight excluding hydrogens is 256 g/mol. The third-order valence-electron chi connectivity index (χ3n) is 3.43. The monoisotopic (exact) mass is 270 g/mol. The Kier molecular flexibility index (Phi) is 3.02. The van der Waals surface area contributed by atoms with Crippen LogP contribution in [0.25, 0.3) is 10.9 Å². The Balaban J connectivity index is 2.11. The predicted octanol–water partition coefficient (Wildman–Crippen LogP) is 3.48. The molecule has 0 radical (unpaired) electrons. The fraction of sp³-hybridized carbons (Fsp3) is 0.200. The average molecular weight is 270 g/mol. The van der Waals surface area contributed by atoms with Gasteiger partial charge in [-0.1, -0.05) is 18.2 Å². The van der Waals surface area contributed by atoms with Gasteiger partial charge in [0.05, 0.1) is 0 Å². The molecule has 0 aliphatic heterocycles. The maximum absolute atomic E-state index is 11.0. The number of rotatable bonds is 4. The Hall–Kier alpha value is -2.56. The molecule has 1 unspecified atom stereocenters. The molecule has 1 atom stereocenters. The quantitative estimate of drug-likeness (QED) is 0.582. The van der Waals surface area contributed by atoms with Crippen LogP contribution in [0.15, 0.2) is 47.0 Å². The van der Waals surface area contributed by atoms with Gasteiger partial charge in [0.2, 0.25) is 6.54 Å². The number of aromatic amines is 1. The number of aromatic nitrogens is 1. The van der Waals surface area contributed by atoms with Crippen molar-refractivity contribution in [2.75, 3.05) is 6.54 Å². The average Bonchev–Trinajstić information content (AvgIpc) is 3.02. The first kappa shape index (κ1) is 12.5. The van der Waals surface area contributed by atoms with Crippen molar-refractivity contribution in [3.05, 3.63) is 69.8 Å². The summed E-state index contributed by atoms with van der Waals surface area (Å²) >= 11 is 0. The van der Waals surface area contributed by atoms with Gasteiger partial charge in [0.15, 0.2) is 0 Å². The fourth-order valence-electron chi connectivity index (χ4n) is 2.51. The van der Waals surface area contributed by atoms with Gasteiger partial charge in [0.25, 0.3) is 0 Å². The lowest BCUT2D eigenvalue weighted by Gasteiger charge is -2.09. The van der Waals surface area contributed by atoms with Crippen molar-refractivity contribution >= 4 is 10.9 Å². The number of H-pyrrole nitrogens is 1. The van der Waals surface area contributed by atoms with E-state index in [-0.39, 0.29) is 17.4 Å². The minimum Gasteiger partial charge on any atom is -0.465 e. The van der Waals surface area contributed by atoms with Crippen LogP contribution in [0.4, 0.5) is 0 Å². The van der Waals surface area contributed by atoms with Crippen LogP contribution in [0.1, 0.15) is 23.0 Å². The van der Waals surface area contributed by atoms with E-state index in [4.69, 9.17) is 4.42 Å². The van der Waals surface area contributed by atoms with E-state index in [2.05, 4.69) is 4.98 Å². The highest BCUT2D eigenvalue weighted by atomic mass is 16.6. The summed E-state index contributed by atoms with van der Waals surface area (Å²) < 4.78 is 5.60. The molecule has 0 fully saturated rings. The molecule has 5 heteroatoms. The minimum absolute atomic E-state index is 0.186. The summed E-state index contributed by atoms with van der Waals surface area (Å²) in [6.07, 6.45) is 1.83. The van der Waals surface area contributed by atoms with Gasteiger partial charge in [-0.15, -0.1) is 0 Å². The predicted molar refractivity (Wildman–Crippen MR) is 75.4 cm³/mol. The second kappa shape index (κ2) is 4.85. The Bertz CT molecular complexity index is 757. The molecule has 5 nitrogen and oxygen atoms in total. The molecule has 102 valence electrons. The van der Waals surface area contributed by atoms with Gasteiger partial charge in [-0.25, -0.2) is 0 Å². The highest BCUT2D eigenvalue weighted by molar-refractivity contribution is 5.84. The highest BCUT2D eigenvalue weighted by Crippen LogP contribution is 2.31. The third-order valence-corrected chi connectivity index (χ3v) is 3.43. The zero-order valence-corrected chi connectivity index (χ0v) is 11.0. The summed E-state index contributed by atoms with van der Waals surface area (Å²) in [4.78, 5) is 13.8. The van der Waals surface area contributed by atoms with Gasteiger partial charge in [0, 0.05) is 22.0 Å². The van der Waals surface area contributed by atoms with Crippen molar-refractivity contribution in [1.82, 2.24) is 4.98 Å². The third kappa shape index (κ3) is 2.18. The number of furan rings is 1. The summed E-state index contributed by atoms with van der Waals surface area (Å²) in [6.45, 7) is 1.65. The molecular formula is C15H14N2O3. The topological polar surface area (TPSA) is 72.1 Å². The van der Waals surface area contributed by atoms with Crippen LogP contribution in [0, 0.1) is 17.0 Å². The molecule has 1 aromatic carbocycles. The van der Waals surface area contributed by atoms with Crippen molar-refractivity contribution < 1.29 is 9.34 Å². The molecule has 0 saturated carbocycles. The van der Waals surface area contributed by atoms with Crippen LogP contribution in [0.3, 0.4) is 0 Å². The van der Waals surface area contributed by atoms with E-state index in [1.807, 2.05) is 49.5 Å². The van der Waals surface area contributed by atoms with E-state index in [1.54, 1.807) is 0 Å². The second-order valence-electron chi connectivity index (χ2n) is 4.81. The highest BCUT2D eigenvalue weighted by Gasteiger charge is 2.25. The Labute approximate surface area is 115 Å². The Morgan fingerprint density at radius 2 is 2.10 bits per heavy atom. The van der Waals surface area contributed by atoms with Gasteiger partial charge < -0.3 is 9.40 Å². The number of hydrogen-bond acceptors (Lipinski definition) is 3. The fourth-order valence-corrected chi connectivity index (χ4v) is 2.51. The molecule has 2 heterocycles. The summed E-state index contributed by atoms with van der Waals surface area (Å²) in [5.41, 5.74) is 1.87. The molecule has 0 amide bonds. The zero-order valence-electron chi connectivity index (χ0n) is 11.0. The van der Waals surface area contributed by atoms with Gasteiger partial charge in [-0.2, -0.15) is 0 Å². The number of nitrogens with zero attached hydrogens (tertiary/aromatic N) is 1. The normalized spacial score (nSPS) is 12.7. The molecule has 0 saturated heterocycles. The molecule has 1 N–H and O–H groups in total. The molecule has 3 rings (SSSR count). The summed E-state index contributed by atoms with van der Waals surface area (Å²) in [5.74, 6) is 1.01. The van der Waals surface area contributed by atoms with Gasteiger partial charge >= 0.3 is 0 Å². The molecule has 0 bridgehead atoms. The summed E-state index contributed by atoms with van der Waals surface area (Å²) in [6, 6.07) is 11.4. The van der Waals surface area contributed by atoms with E-state index in [1.165, 1.54) is 0 Å². The maximum Gasteiger partial charge on any atom is 0.217 e. The van der Waals surface area contributed by atoms with Crippen molar-refractivity contribution in [3.63, 3.8) is 0 Å². The van der Waals surface area contributed by atoms with E-state index >= 15 is 0 Å². The zero-order chi connectivity index (χ0) is 14.1. The van der Waals surface area contributed by atoms with Crippen molar-refractivity contribution in [1.29, 1.82) is 0 Å². The number of nitrogens with one attached hydrogen (secondary N) is 1.